The van der Waals surface area contributed by atoms with Crippen molar-refractivity contribution in [3.8, 4) is 0 Å². The molecule has 0 saturated carbocycles. The van der Waals surface area contributed by atoms with Gasteiger partial charge in [-0.15, -0.1) is 5.10 Å². The van der Waals surface area contributed by atoms with Crippen LogP contribution in [-0.2, 0) is 6.54 Å². The number of hydrogen-bond acceptors (Lipinski definition) is 5. The number of halogens is 1. The normalized spacial score (nSPS) is 15.2. The highest BCUT2D eigenvalue weighted by Gasteiger charge is 2.36. The van der Waals surface area contributed by atoms with Crippen molar-refractivity contribution in [1.29, 1.82) is 0 Å². The summed E-state index contributed by atoms with van der Waals surface area (Å²) in [6, 6.07) is 24.5. The molecule has 1 saturated heterocycles. The predicted molar refractivity (Wildman–Crippen MR) is 144 cm³/mol. The minimum absolute atomic E-state index is 0.147. The number of benzene rings is 3. The lowest BCUT2D eigenvalue weighted by Crippen LogP contribution is -3.15. The van der Waals surface area contributed by atoms with Gasteiger partial charge < -0.3 is 14.8 Å². The molecule has 0 spiro atoms. The minimum Gasteiger partial charge on any atom is -0.358 e. The fourth-order valence-corrected chi connectivity index (χ4v) is 5.41. The lowest BCUT2D eigenvalue weighted by Gasteiger charge is -2.37. The van der Waals surface area contributed by atoms with Gasteiger partial charge in [0.1, 0.15) is 5.82 Å². The second-order valence-corrected chi connectivity index (χ2v) is 9.85. The summed E-state index contributed by atoms with van der Waals surface area (Å²) in [7, 11) is 0. The molecule has 1 atom stereocenters. The summed E-state index contributed by atoms with van der Waals surface area (Å²) in [5.74, 6) is 0.417. The summed E-state index contributed by atoms with van der Waals surface area (Å²) in [6.45, 7) is 5.20. The van der Waals surface area contributed by atoms with Gasteiger partial charge in [0.15, 0.2) is 6.04 Å². The predicted octanol–water partition coefficient (Wildman–Crippen LogP) is 2.50. The Morgan fingerprint density at radius 1 is 1.00 bits per heavy atom. The van der Waals surface area contributed by atoms with Gasteiger partial charge in [-0.1, -0.05) is 54.6 Å². The Labute approximate surface area is 219 Å². The van der Waals surface area contributed by atoms with Crippen LogP contribution in [0.2, 0.25) is 0 Å². The quantitative estimate of drug-likeness (QED) is 0.367. The zero-order valence-electron chi connectivity index (χ0n) is 21.1. The van der Waals surface area contributed by atoms with Crippen LogP contribution >= 0.6 is 0 Å². The number of pyridine rings is 1. The molecule has 1 fully saturated rings. The van der Waals surface area contributed by atoms with E-state index in [1.807, 2.05) is 73.7 Å². The van der Waals surface area contributed by atoms with E-state index in [4.69, 9.17) is 0 Å². The number of para-hydroxylation sites is 1. The number of rotatable bonds is 6. The van der Waals surface area contributed by atoms with Gasteiger partial charge in [-0.3, -0.25) is 4.79 Å². The molecule has 3 heterocycles. The van der Waals surface area contributed by atoms with Crippen LogP contribution in [0.25, 0.3) is 10.9 Å². The summed E-state index contributed by atoms with van der Waals surface area (Å²) in [6.07, 6.45) is 0. The van der Waals surface area contributed by atoms with Crippen LogP contribution < -0.4 is 15.4 Å². The van der Waals surface area contributed by atoms with Gasteiger partial charge in [0.05, 0.1) is 44.0 Å². The molecule has 1 aliphatic heterocycles. The van der Waals surface area contributed by atoms with E-state index in [0.29, 0.717) is 49.8 Å². The van der Waals surface area contributed by atoms with Crippen molar-refractivity contribution in [3.05, 3.63) is 118 Å². The Kier molecular flexibility index (Phi) is 6.43. The lowest BCUT2D eigenvalue weighted by atomic mass is 10.0. The molecule has 1 aliphatic rings. The smallest absolute Gasteiger partial charge is 0.258 e. The fourth-order valence-electron chi connectivity index (χ4n) is 5.41. The summed E-state index contributed by atoms with van der Waals surface area (Å²) >= 11 is 0. The molecule has 8 nitrogen and oxygen atoms in total. The number of nitrogens with one attached hydrogen (secondary N) is 2. The number of hydrogen-bond donors (Lipinski definition) is 2. The number of aromatic amines is 1. The zero-order valence-corrected chi connectivity index (χ0v) is 21.1. The van der Waals surface area contributed by atoms with Crippen LogP contribution in [0.3, 0.4) is 0 Å². The molecule has 0 radical (unpaired) electrons. The van der Waals surface area contributed by atoms with Crippen LogP contribution in [0.1, 0.15) is 28.6 Å². The van der Waals surface area contributed by atoms with E-state index in [9.17, 15) is 9.18 Å². The van der Waals surface area contributed by atoms with Gasteiger partial charge in [0, 0.05) is 5.52 Å². The van der Waals surface area contributed by atoms with Crippen LogP contribution in [0.15, 0.2) is 83.7 Å². The van der Waals surface area contributed by atoms with Gasteiger partial charge in [0.2, 0.25) is 5.82 Å². The van der Waals surface area contributed by atoms with E-state index in [2.05, 4.69) is 25.4 Å². The number of H-pyrrole nitrogens is 1. The number of aryl methyl sites for hydroxylation is 1. The summed E-state index contributed by atoms with van der Waals surface area (Å²) in [4.78, 5) is 19.8. The Bertz CT molecular complexity index is 1620. The first kappa shape index (κ1) is 24.0. The van der Waals surface area contributed by atoms with Gasteiger partial charge in [-0.25, -0.2) is 9.07 Å². The number of piperazine rings is 1. The molecule has 9 heteroatoms. The van der Waals surface area contributed by atoms with Crippen LogP contribution in [0.5, 0.6) is 0 Å². The van der Waals surface area contributed by atoms with Crippen molar-refractivity contribution in [1.82, 2.24) is 25.2 Å². The van der Waals surface area contributed by atoms with E-state index >= 15 is 0 Å². The van der Waals surface area contributed by atoms with Crippen molar-refractivity contribution in [3.63, 3.8) is 0 Å². The minimum atomic E-state index is -0.383. The maximum atomic E-state index is 14.5. The molecule has 0 aliphatic carbocycles. The zero-order chi connectivity index (χ0) is 26.1. The lowest BCUT2D eigenvalue weighted by molar-refractivity contribution is -0.927. The SMILES string of the molecule is Cc1ccc2cc(C(c3nnnn3Cc3ccccc3)[NH+]3CCN(c4ccccc4F)CC3)c(=O)[nH]c2c1. The highest BCUT2D eigenvalue weighted by molar-refractivity contribution is 5.79. The highest BCUT2D eigenvalue weighted by atomic mass is 19.1. The molecule has 2 aromatic heterocycles. The number of nitrogens with zero attached hydrogens (tertiary/aromatic N) is 5. The molecule has 6 rings (SSSR count). The number of aromatic nitrogens is 5. The van der Waals surface area contributed by atoms with Crippen LogP contribution in [0, 0.1) is 12.7 Å². The molecule has 3 aromatic carbocycles. The maximum Gasteiger partial charge on any atom is 0.258 e. The van der Waals surface area contributed by atoms with Gasteiger partial charge in [-0.2, -0.15) is 0 Å². The molecule has 0 amide bonds. The first-order valence-corrected chi connectivity index (χ1v) is 12.8. The van der Waals surface area contributed by atoms with Gasteiger partial charge in [-0.05, 0) is 58.1 Å². The topological polar surface area (TPSA) is 84.1 Å². The van der Waals surface area contributed by atoms with Gasteiger partial charge in [0.25, 0.3) is 5.56 Å². The molecule has 2 N–H and O–H groups in total. The van der Waals surface area contributed by atoms with E-state index < -0.39 is 0 Å². The number of fused-ring (bicyclic) bond motifs is 1. The average Bonchev–Trinajstić information content (AvgIpc) is 3.38. The second kappa shape index (κ2) is 10.2. The standard InChI is InChI=1S/C29H28FN7O/c1-20-11-12-22-18-23(29(38)31-25(22)17-20)27(28-32-33-34-37(28)19-21-7-3-2-4-8-21)36-15-13-35(14-16-36)26-10-6-5-9-24(26)30/h2-12,17-18,27H,13-16,19H2,1H3,(H,31,38)/p+1. The molecular formula is C29H29FN7O+. The summed E-state index contributed by atoms with van der Waals surface area (Å²) in [5, 5.41) is 13.7. The Balaban J connectivity index is 1.39. The first-order valence-electron chi connectivity index (χ1n) is 12.8. The Morgan fingerprint density at radius 2 is 1.76 bits per heavy atom. The summed E-state index contributed by atoms with van der Waals surface area (Å²) < 4.78 is 16.3. The third-order valence-corrected chi connectivity index (χ3v) is 7.34. The number of anilines is 1. The second-order valence-electron chi connectivity index (χ2n) is 9.85. The molecular weight excluding hydrogens is 481 g/mol. The first-order chi connectivity index (χ1) is 18.6. The maximum absolute atomic E-state index is 14.5. The molecule has 5 aromatic rings. The molecule has 38 heavy (non-hydrogen) atoms. The Hall–Kier alpha value is -4.37. The van der Waals surface area contributed by atoms with Gasteiger partial charge >= 0.3 is 0 Å². The van der Waals surface area contributed by atoms with Crippen molar-refractivity contribution < 1.29 is 9.29 Å². The monoisotopic (exact) mass is 510 g/mol. The molecule has 1 unspecified atom stereocenters. The third-order valence-electron chi connectivity index (χ3n) is 7.34. The van der Waals surface area contributed by atoms with Crippen molar-refractivity contribution in [2.45, 2.75) is 19.5 Å². The van der Waals surface area contributed by atoms with E-state index in [0.717, 1.165) is 22.0 Å². The number of tetrazole rings is 1. The number of quaternary nitrogens is 1. The van der Waals surface area contributed by atoms with E-state index in [1.165, 1.54) is 11.0 Å². The largest absolute Gasteiger partial charge is 0.358 e. The van der Waals surface area contributed by atoms with E-state index in [-0.39, 0.29) is 17.4 Å². The molecule has 0 bridgehead atoms. The van der Waals surface area contributed by atoms with Crippen LogP contribution in [0.4, 0.5) is 10.1 Å². The van der Waals surface area contributed by atoms with Crippen molar-refractivity contribution in [2.75, 3.05) is 31.1 Å². The fraction of sp³-hybridized carbons (Fsp3) is 0.241. The van der Waals surface area contributed by atoms with Crippen molar-refractivity contribution in [2.24, 2.45) is 0 Å². The molecule has 192 valence electrons. The highest BCUT2D eigenvalue weighted by Crippen LogP contribution is 2.22. The van der Waals surface area contributed by atoms with Crippen LogP contribution in [-0.4, -0.2) is 51.4 Å². The average molecular weight is 511 g/mol. The van der Waals surface area contributed by atoms with Crippen molar-refractivity contribution >= 4 is 16.6 Å². The Morgan fingerprint density at radius 3 is 2.55 bits per heavy atom. The van der Waals surface area contributed by atoms with E-state index in [1.54, 1.807) is 10.7 Å². The third kappa shape index (κ3) is 4.68. The summed E-state index contributed by atoms with van der Waals surface area (Å²) in [5.41, 5.74) is 4.05.